The highest BCUT2D eigenvalue weighted by atomic mass is 32.2. The van der Waals surface area contributed by atoms with Gasteiger partial charge in [0, 0.05) is 26.9 Å². The number of nitrogens with zero attached hydrogens (tertiary/aromatic N) is 3. The molecule has 1 N–H and O–H groups in total. The second kappa shape index (κ2) is 17.8. The molecule has 0 spiro atoms. The van der Waals surface area contributed by atoms with Gasteiger partial charge in [-0.2, -0.15) is 13.2 Å². The van der Waals surface area contributed by atoms with Crippen molar-refractivity contribution in [3.63, 3.8) is 0 Å². The van der Waals surface area contributed by atoms with Crippen molar-refractivity contribution < 1.29 is 25.3 Å². The Bertz CT molecular complexity index is 1800. The quantitative estimate of drug-likeness (QED) is 0.0984. The minimum absolute atomic E-state index is 0.00952. The Balaban J connectivity index is 1.50. The van der Waals surface area contributed by atoms with Crippen LogP contribution in [0.1, 0.15) is 96.8 Å². The summed E-state index contributed by atoms with van der Waals surface area (Å²) in [5.41, 5.74) is 0.603. The minimum Gasteiger partial charge on any atom is -0.318 e. The monoisotopic (exact) mass is 714 g/mol. The molecule has 0 saturated carbocycles. The molecule has 0 bridgehead atoms. The van der Waals surface area contributed by atoms with Crippen molar-refractivity contribution in [2.45, 2.75) is 112 Å². The second-order valence-electron chi connectivity index (χ2n) is 11.9. The lowest BCUT2D eigenvalue weighted by molar-refractivity contribution is 0.447. The second-order valence-corrected chi connectivity index (χ2v) is 18.7. The number of thiazole rings is 1. The van der Waals surface area contributed by atoms with Crippen LogP contribution in [0.25, 0.3) is 10.2 Å². The van der Waals surface area contributed by atoms with Crippen LogP contribution in [0.15, 0.2) is 62.3 Å². The van der Waals surface area contributed by atoms with Crippen LogP contribution in [0.4, 0.5) is 0 Å². The minimum atomic E-state index is -4.06. The molecule has 0 aliphatic heterocycles. The van der Waals surface area contributed by atoms with E-state index in [4.69, 9.17) is 0 Å². The topological polar surface area (TPSA) is 135 Å². The summed E-state index contributed by atoms with van der Waals surface area (Å²) in [5.74, 6) is 0. The Morgan fingerprint density at radius 3 is 1.72 bits per heavy atom. The van der Waals surface area contributed by atoms with Crippen molar-refractivity contribution >= 4 is 51.4 Å². The molecule has 14 heteroatoms. The third kappa shape index (κ3) is 11.2. The van der Waals surface area contributed by atoms with Crippen LogP contribution in [0.3, 0.4) is 0 Å². The lowest BCUT2D eigenvalue weighted by Crippen LogP contribution is -2.28. The van der Waals surface area contributed by atoms with Crippen molar-refractivity contribution in [2.75, 3.05) is 19.8 Å². The molecule has 0 aliphatic carbocycles. The fourth-order valence-electron chi connectivity index (χ4n) is 5.22. The predicted molar refractivity (Wildman–Crippen MR) is 186 cm³/mol. The number of hydrogen-bond donors (Lipinski definition) is 1. The zero-order valence-electron chi connectivity index (χ0n) is 27.6. The van der Waals surface area contributed by atoms with Crippen molar-refractivity contribution in [1.29, 1.82) is 0 Å². The summed E-state index contributed by atoms with van der Waals surface area (Å²) in [6.07, 6.45) is 18.5. The Morgan fingerprint density at radius 1 is 0.717 bits per heavy atom. The van der Waals surface area contributed by atoms with E-state index in [1.807, 2.05) is 0 Å². The molecular formula is C32H50N4O6S4. The highest BCUT2D eigenvalue weighted by Gasteiger charge is 2.22. The first-order valence-corrected chi connectivity index (χ1v) is 21.8. The normalized spacial score (nSPS) is 13.2. The number of unbranched alkanes of at least 4 members (excludes halogenated alkanes) is 13. The van der Waals surface area contributed by atoms with E-state index in [-0.39, 0.29) is 14.7 Å². The number of fused-ring (bicyclic) bond motifs is 1. The molecule has 0 aliphatic rings. The first-order valence-electron chi connectivity index (χ1n) is 16.2. The number of benzene rings is 2. The standard InChI is InChI=1S/C32H50N4O6S4/c1-5-6-7-8-9-10-11-12-13-14-15-16-17-18-25-35(2)46(41,42)29-23-24-31-30(26-29)36(3)32(43-31)33-34-45(39,40)28-21-19-27(20-22-28)44(4,37)38/h19-24,26,34H,5-18,25H2,1-4H3/b33-32-. The van der Waals surface area contributed by atoms with Crippen molar-refractivity contribution in [3.8, 4) is 0 Å². The molecule has 0 atom stereocenters. The number of sulfone groups is 1. The van der Waals surface area contributed by atoms with Crippen molar-refractivity contribution in [1.82, 2.24) is 13.7 Å². The maximum absolute atomic E-state index is 13.3. The summed E-state index contributed by atoms with van der Waals surface area (Å²) in [6, 6.07) is 9.69. The van der Waals surface area contributed by atoms with Gasteiger partial charge < -0.3 is 4.57 Å². The number of aryl methyl sites for hydroxylation is 1. The zero-order valence-corrected chi connectivity index (χ0v) is 30.8. The van der Waals surface area contributed by atoms with Crippen LogP contribution in [-0.4, -0.2) is 54.0 Å². The number of rotatable bonds is 21. The van der Waals surface area contributed by atoms with Crippen LogP contribution >= 0.6 is 11.3 Å². The lowest BCUT2D eigenvalue weighted by Gasteiger charge is -2.17. The van der Waals surface area contributed by atoms with Gasteiger partial charge in [-0.25, -0.2) is 21.1 Å². The SMILES string of the molecule is CCCCCCCCCCCCCCCCN(C)S(=O)(=O)c1ccc2s/c(=N\NS(=O)(=O)c3ccc(S(C)(=O)=O)cc3)n(C)c2c1. The molecule has 3 aromatic rings. The Labute approximate surface area is 279 Å². The fraction of sp³-hybridized carbons (Fsp3) is 0.594. The summed E-state index contributed by atoms with van der Waals surface area (Å²) in [4.78, 5) is 2.54. The molecule has 258 valence electrons. The molecule has 1 heterocycles. The van der Waals surface area contributed by atoms with E-state index in [0.29, 0.717) is 16.9 Å². The molecule has 0 fully saturated rings. The van der Waals surface area contributed by atoms with E-state index in [9.17, 15) is 25.3 Å². The number of nitrogens with one attached hydrogen (secondary N) is 1. The molecule has 2 aromatic carbocycles. The molecule has 0 saturated heterocycles. The average Bonchev–Trinajstić information content (AvgIpc) is 3.34. The smallest absolute Gasteiger partial charge is 0.276 e. The van der Waals surface area contributed by atoms with Gasteiger partial charge in [0.1, 0.15) is 0 Å². The van der Waals surface area contributed by atoms with Gasteiger partial charge in [-0.15, -0.1) is 5.10 Å². The highest BCUT2D eigenvalue weighted by molar-refractivity contribution is 7.91. The molecular weight excluding hydrogens is 665 g/mol. The van der Waals surface area contributed by atoms with E-state index in [1.165, 1.54) is 111 Å². The van der Waals surface area contributed by atoms with Gasteiger partial charge in [0.05, 0.1) is 24.9 Å². The van der Waals surface area contributed by atoms with E-state index < -0.39 is 29.9 Å². The van der Waals surface area contributed by atoms with E-state index in [2.05, 4.69) is 16.9 Å². The first kappa shape index (κ1) is 38.2. The summed E-state index contributed by atoms with van der Waals surface area (Å²) < 4.78 is 79.3. The Morgan fingerprint density at radius 2 is 1.20 bits per heavy atom. The van der Waals surface area contributed by atoms with Gasteiger partial charge in [-0.3, -0.25) is 0 Å². The van der Waals surface area contributed by atoms with Crippen LogP contribution in [-0.2, 0) is 36.9 Å². The molecule has 3 rings (SSSR count). The molecule has 0 amide bonds. The van der Waals surface area contributed by atoms with Gasteiger partial charge in [0.2, 0.25) is 14.8 Å². The average molecular weight is 715 g/mol. The van der Waals surface area contributed by atoms with Crippen LogP contribution in [0.5, 0.6) is 0 Å². The predicted octanol–water partition coefficient (Wildman–Crippen LogP) is 6.54. The molecule has 0 unspecified atom stereocenters. The van der Waals surface area contributed by atoms with E-state index in [0.717, 1.165) is 30.2 Å². The number of hydrogen-bond acceptors (Lipinski definition) is 8. The summed E-state index contributed by atoms with van der Waals surface area (Å²) in [7, 11) is -7.94. The molecule has 46 heavy (non-hydrogen) atoms. The maximum Gasteiger partial charge on any atom is 0.276 e. The van der Waals surface area contributed by atoms with Crippen molar-refractivity contribution in [2.24, 2.45) is 12.1 Å². The van der Waals surface area contributed by atoms with Gasteiger partial charge in [-0.05, 0) is 48.9 Å². The van der Waals surface area contributed by atoms with Crippen LogP contribution < -0.4 is 9.63 Å². The third-order valence-corrected chi connectivity index (χ3v) is 13.5. The van der Waals surface area contributed by atoms with Crippen LogP contribution in [0.2, 0.25) is 0 Å². The number of sulfonamides is 2. The fourth-order valence-corrected chi connectivity index (χ4v) is 8.91. The van der Waals surface area contributed by atoms with Crippen LogP contribution in [0, 0.1) is 0 Å². The largest absolute Gasteiger partial charge is 0.318 e. The Kier molecular flexibility index (Phi) is 14.7. The maximum atomic E-state index is 13.3. The Hall–Kier alpha value is -2.26. The van der Waals surface area contributed by atoms with Gasteiger partial charge in [-0.1, -0.05) is 102 Å². The lowest BCUT2D eigenvalue weighted by atomic mass is 10.0. The molecule has 0 radical (unpaired) electrons. The first-order chi connectivity index (χ1) is 21.8. The zero-order chi connectivity index (χ0) is 33.8. The molecule has 10 nitrogen and oxygen atoms in total. The van der Waals surface area contributed by atoms with E-state index in [1.54, 1.807) is 36.9 Å². The van der Waals surface area contributed by atoms with Crippen molar-refractivity contribution in [3.05, 3.63) is 47.3 Å². The van der Waals surface area contributed by atoms with Gasteiger partial charge >= 0.3 is 0 Å². The van der Waals surface area contributed by atoms with Gasteiger partial charge in [0.25, 0.3) is 10.0 Å². The summed E-state index contributed by atoms with van der Waals surface area (Å²) >= 11 is 1.21. The van der Waals surface area contributed by atoms with Gasteiger partial charge in [0.15, 0.2) is 9.84 Å². The third-order valence-electron chi connectivity index (χ3n) is 8.14. The van der Waals surface area contributed by atoms with E-state index >= 15 is 0 Å². The molecule has 1 aromatic heterocycles. The highest BCUT2D eigenvalue weighted by Crippen LogP contribution is 2.23. The summed E-state index contributed by atoms with van der Waals surface area (Å²) in [6.45, 7) is 2.69. The number of aromatic nitrogens is 1. The summed E-state index contributed by atoms with van der Waals surface area (Å²) in [5, 5.41) is 4.06.